The van der Waals surface area contributed by atoms with Crippen molar-refractivity contribution >= 4 is 27.4 Å². The van der Waals surface area contributed by atoms with Crippen LogP contribution >= 0.6 is 21.6 Å². The number of hydrogen-bond acceptors (Lipinski definition) is 3. The molecule has 0 aliphatic carbocycles. The molecule has 0 amide bonds. The van der Waals surface area contributed by atoms with Crippen molar-refractivity contribution in [2.75, 3.05) is 12.3 Å². The molecule has 0 radical (unpaired) electrons. The summed E-state index contributed by atoms with van der Waals surface area (Å²) in [6, 6.07) is 5.96. The lowest BCUT2D eigenvalue weighted by Crippen LogP contribution is -2.74. The summed E-state index contributed by atoms with van der Waals surface area (Å²) in [7, 11) is 3.54. The van der Waals surface area contributed by atoms with Crippen LogP contribution in [0.3, 0.4) is 0 Å². The number of aromatic nitrogens is 1. The Morgan fingerprint density at radius 3 is 3.06 bits per heavy atom. The molecule has 16 heavy (non-hydrogen) atoms. The van der Waals surface area contributed by atoms with Gasteiger partial charge in [0.05, 0.1) is 6.54 Å². The summed E-state index contributed by atoms with van der Waals surface area (Å²) in [5.41, 5.74) is 5.75. The summed E-state index contributed by atoms with van der Waals surface area (Å²) in [5, 5.41) is 1.07. The number of rotatable bonds is 7. The standard InChI is InChI=1S/C11H17N3S2/c1-2-13-10(12)6-5-9-15-16-11-7-3-4-8-14-11/h3-4,7-8H,2,5-6,9H2,1H3,(H2,12,13)/p+1. The van der Waals surface area contributed by atoms with Crippen LogP contribution in [0.4, 0.5) is 0 Å². The smallest absolute Gasteiger partial charge is 0.240 e. The highest BCUT2D eigenvalue weighted by molar-refractivity contribution is 8.76. The van der Waals surface area contributed by atoms with Crippen molar-refractivity contribution in [1.29, 1.82) is 0 Å². The molecule has 5 heteroatoms. The van der Waals surface area contributed by atoms with E-state index in [0.717, 1.165) is 36.0 Å². The van der Waals surface area contributed by atoms with Gasteiger partial charge >= 0.3 is 0 Å². The van der Waals surface area contributed by atoms with Crippen molar-refractivity contribution in [2.45, 2.75) is 24.8 Å². The molecule has 0 saturated carbocycles. The van der Waals surface area contributed by atoms with E-state index in [1.165, 1.54) is 0 Å². The van der Waals surface area contributed by atoms with Crippen molar-refractivity contribution in [3.63, 3.8) is 0 Å². The average molecular weight is 256 g/mol. The topological polar surface area (TPSA) is 52.9 Å². The molecule has 3 nitrogen and oxygen atoms in total. The highest BCUT2D eigenvalue weighted by atomic mass is 33.1. The molecule has 1 heterocycles. The summed E-state index contributed by atoms with van der Waals surface area (Å²) in [6.07, 6.45) is 3.87. The zero-order valence-electron chi connectivity index (χ0n) is 9.48. The molecule has 0 atom stereocenters. The first kappa shape index (κ1) is 13.4. The van der Waals surface area contributed by atoms with Crippen molar-refractivity contribution in [3.8, 4) is 0 Å². The third-order valence-corrected chi connectivity index (χ3v) is 4.21. The van der Waals surface area contributed by atoms with Gasteiger partial charge in [-0.2, -0.15) is 0 Å². The number of amidine groups is 1. The van der Waals surface area contributed by atoms with E-state index in [1.807, 2.05) is 35.2 Å². The van der Waals surface area contributed by atoms with Crippen LogP contribution in [-0.2, 0) is 0 Å². The SMILES string of the molecule is CC[NH+]=C(N)CCCSSc1ccccn1. The van der Waals surface area contributed by atoms with Crippen LogP contribution in [0.1, 0.15) is 19.8 Å². The van der Waals surface area contributed by atoms with Gasteiger partial charge in [0.15, 0.2) is 0 Å². The fraction of sp³-hybridized carbons (Fsp3) is 0.455. The quantitative estimate of drug-likeness (QED) is 0.331. The van der Waals surface area contributed by atoms with Crippen molar-refractivity contribution in [1.82, 2.24) is 4.98 Å². The lowest BCUT2D eigenvalue weighted by molar-refractivity contribution is -0.454. The van der Waals surface area contributed by atoms with Gasteiger partial charge in [-0.05, 0) is 36.3 Å². The highest BCUT2D eigenvalue weighted by Gasteiger charge is 1.99. The van der Waals surface area contributed by atoms with Crippen LogP contribution < -0.4 is 10.7 Å². The predicted molar refractivity (Wildman–Crippen MR) is 72.5 cm³/mol. The van der Waals surface area contributed by atoms with Gasteiger partial charge in [0.25, 0.3) is 0 Å². The summed E-state index contributed by atoms with van der Waals surface area (Å²) in [6.45, 7) is 2.96. The average Bonchev–Trinajstić information content (AvgIpc) is 2.30. The Balaban J connectivity index is 2.07. The molecule has 0 bridgehead atoms. The van der Waals surface area contributed by atoms with Crippen LogP contribution in [0.2, 0.25) is 0 Å². The zero-order valence-corrected chi connectivity index (χ0v) is 11.1. The van der Waals surface area contributed by atoms with E-state index in [2.05, 4.69) is 16.9 Å². The minimum Gasteiger partial charge on any atom is -0.291 e. The van der Waals surface area contributed by atoms with E-state index in [1.54, 1.807) is 10.8 Å². The second kappa shape index (κ2) is 8.47. The van der Waals surface area contributed by atoms with Gasteiger partial charge in [0.1, 0.15) is 5.03 Å². The van der Waals surface area contributed by atoms with Crippen LogP contribution in [0.25, 0.3) is 0 Å². The van der Waals surface area contributed by atoms with Crippen molar-refractivity contribution in [3.05, 3.63) is 24.4 Å². The third-order valence-electron chi connectivity index (χ3n) is 1.86. The van der Waals surface area contributed by atoms with Gasteiger partial charge in [-0.25, -0.2) is 4.98 Å². The Labute approximate surface area is 105 Å². The van der Waals surface area contributed by atoms with Gasteiger partial charge in [0, 0.05) is 18.4 Å². The molecule has 1 aromatic heterocycles. The van der Waals surface area contributed by atoms with Gasteiger partial charge in [0.2, 0.25) is 5.84 Å². The van der Waals surface area contributed by atoms with Gasteiger partial charge in [-0.15, -0.1) is 0 Å². The highest BCUT2D eigenvalue weighted by Crippen LogP contribution is 2.29. The number of nitrogens with zero attached hydrogens (tertiary/aromatic N) is 1. The second-order valence-electron chi connectivity index (χ2n) is 3.23. The van der Waals surface area contributed by atoms with Gasteiger partial charge in [-0.3, -0.25) is 10.7 Å². The Kier molecular flexibility index (Phi) is 7.09. The first-order valence-corrected chi connectivity index (χ1v) is 7.70. The van der Waals surface area contributed by atoms with Crippen LogP contribution in [0, 0.1) is 0 Å². The van der Waals surface area contributed by atoms with E-state index in [0.29, 0.717) is 0 Å². The Bertz CT molecular complexity index is 314. The minimum absolute atomic E-state index is 0.894. The maximum absolute atomic E-state index is 5.75. The maximum Gasteiger partial charge on any atom is 0.240 e. The molecule has 1 rings (SSSR count). The summed E-state index contributed by atoms with van der Waals surface area (Å²) in [5.74, 6) is 1.98. The van der Waals surface area contributed by atoms with Gasteiger partial charge in [-0.1, -0.05) is 16.9 Å². The lowest BCUT2D eigenvalue weighted by atomic mass is 10.3. The van der Waals surface area contributed by atoms with Crippen LogP contribution in [0.15, 0.2) is 29.4 Å². The minimum atomic E-state index is 0.894. The predicted octanol–water partition coefficient (Wildman–Crippen LogP) is 1.06. The Morgan fingerprint density at radius 1 is 1.50 bits per heavy atom. The second-order valence-corrected chi connectivity index (χ2v) is 5.67. The summed E-state index contributed by atoms with van der Waals surface area (Å²) in [4.78, 5) is 7.36. The molecule has 0 fully saturated rings. The van der Waals surface area contributed by atoms with Crippen molar-refractivity contribution < 1.29 is 4.99 Å². The van der Waals surface area contributed by atoms with E-state index in [9.17, 15) is 0 Å². The number of hydrogen-bond donors (Lipinski definition) is 2. The van der Waals surface area contributed by atoms with E-state index < -0.39 is 0 Å². The summed E-state index contributed by atoms with van der Waals surface area (Å²) < 4.78 is 0. The van der Waals surface area contributed by atoms with Gasteiger partial charge < -0.3 is 0 Å². The molecule has 0 saturated heterocycles. The number of nitrogens with two attached hydrogens (primary N) is 1. The number of nitrogens with one attached hydrogen (secondary N) is 1. The molecule has 0 aromatic carbocycles. The Hall–Kier alpha value is -0.680. The molecule has 0 unspecified atom stereocenters. The van der Waals surface area contributed by atoms with Crippen LogP contribution in [-0.4, -0.2) is 23.1 Å². The largest absolute Gasteiger partial charge is 0.291 e. The van der Waals surface area contributed by atoms with E-state index in [4.69, 9.17) is 5.73 Å². The molecule has 3 N–H and O–H groups in total. The zero-order chi connectivity index (χ0) is 11.6. The maximum atomic E-state index is 5.75. The third kappa shape index (κ3) is 6.02. The molecule has 0 aliphatic heterocycles. The monoisotopic (exact) mass is 256 g/mol. The molecular weight excluding hydrogens is 238 g/mol. The summed E-state index contributed by atoms with van der Waals surface area (Å²) >= 11 is 0. The normalized spacial score (nSPS) is 11.7. The van der Waals surface area contributed by atoms with E-state index in [-0.39, 0.29) is 0 Å². The molecule has 1 aromatic rings. The molecular formula is C11H18N3S2+. The lowest BCUT2D eigenvalue weighted by Gasteiger charge is -1.98. The molecule has 88 valence electrons. The van der Waals surface area contributed by atoms with Crippen LogP contribution in [0.5, 0.6) is 0 Å². The van der Waals surface area contributed by atoms with Crippen molar-refractivity contribution in [2.24, 2.45) is 5.73 Å². The first-order chi connectivity index (χ1) is 7.83. The fourth-order valence-electron chi connectivity index (χ4n) is 1.14. The molecule has 0 spiro atoms. The first-order valence-electron chi connectivity index (χ1n) is 5.38. The molecule has 0 aliphatic rings. The van der Waals surface area contributed by atoms with E-state index >= 15 is 0 Å². The number of pyridine rings is 1. The fourth-order valence-corrected chi connectivity index (χ4v) is 3.10. The Morgan fingerprint density at radius 2 is 2.38 bits per heavy atom.